The van der Waals surface area contributed by atoms with Crippen molar-refractivity contribution in [2.75, 3.05) is 0 Å². The van der Waals surface area contributed by atoms with Gasteiger partial charge in [0.1, 0.15) is 0 Å². The topological polar surface area (TPSA) is 79.2 Å². The van der Waals surface area contributed by atoms with Crippen LogP contribution in [-0.2, 0) is 4.79 Å². The number of nitrogens with two attached hydrogens (primary N) is 1. The highest BCUT2D eigenvalue weighted by Crippen LogP contribution is 1.92. The van der Waals surface area contributed by atoms with Crippen molar-refractivity contribution in [1.29, 1.82) is 0 Å². The molecular weight excluding hydrogens is 132 g/mol. The van der Waals surface area contributed by atoms with E-state index in [9.17, 15) is 4.79 Å². The maximum absolute atomic E-state index is 10.7. The molecule has 0 fully saturated rings. The summed E-state index contributed by atoms with van der Waals surface area (Å²) in [6.07, 6.45) is 1.12. The lowest BCUT2D eigenvalue weighted by Crippen LogP contribution is -2.58. The number of hydrogen-bond donors (Lipinski definition) is 4. The molecular formula is C5H10N4O. The van der Waals surface area contributed by atoms with E-state index in [0.717, 1.165) is 5.70 Å². The fourth-order valence-electron chi connectivity index (χ4n) is 0.769. The molecule has 5 heteroatoms. The molecule has 0 unspecified atom stereocenters. The van der Waals surface area contributed by atoms with Gasteiger partial charge in [0, 0.05) is 11.8 Å². The highest BCUT2D eigenvalue weighted by Gasteiger charge is 2.12. The molecule has 1 amide bonds. The Kier molecular flexibility index (Phi) is 1.88. The van der Waals surface area contributed by atoms with Gasteiger partial charge in [-0.2, -0.15) is 0 Å². The van der Waals surface area contributed by atoms with Crippen molar-refractivity contribution in [3.05, 3.63) is 11.8 Å². The normalized spacial score (nSPS) is 24.8. The van der Waals surface area contributed by atoms with Crippen LogP contribution in [-0.4, -0.2) is 12.2 Å². The van der Waals surface area contributed by atoms with Crippen LogP contribution in [0.25, 0.3) is 0 Å². The second-order valence-corrected chi connectivity index (χ2v) is 2.08. The Bertz CT molecular complexity index is 176. The van der Waals surface area contributed by atoms with Crippen molar-refractivity contribution in [2.24, 2.45) is 5.84 Å². The van der Waals surface area contributed by atoms with E-state index in [2.05, 4.69) is 16.1 Å². The molecule has 0 saturated heterocycles. The number of hydrazine groups is 1. The summed E-state index contributed by atoms with van der Waals surface area (Å²) in [4.78, 5) is 10.7. The molecule has 1 heterocycles. The largest absolute Gasteiger partial charge is 0.356 e. The van der Waals surface area contributed by atoms with Crippen LogP contribution in [0.4, 0.5) is 0 Å². The minimum Gasteiger partial charge on any atom is -0.356 e. The van der Waals surface area contributed by atoms with Gasteiger partial charge in [0.25, 0.3) is 0 Å². The number of rotatable bonds is 1. The van der Waals surface area contributed by atoms with E-state index in [4.69, 9.17) is 5.84 Å². The van der Waals surface area contributed by atoms with E-state index < -0.39 is 0 Å². The first-order valence-electron chi connectivity index (χ1n) is 2.94. The number of carbonyl (C=O) groups is 1. The zero-order valence-electron chi connectivity index (χ0n) is 5.64. The van der Waals surface area contributed by atoms with Crippen molar-refractivity contribution in [1.82, 2.24) is 16.1 Å². The summed E-state index contributed by atoms with van der Waals surface area (Å²) in [7, 11) is 0. The summed E-state index contributed by atoms with van der Waals surface area (Å²) in [5.74, 6) is 4.93. The molecule has 0 saturated carbocycles. The Morgan fingerprint density at radius 3 is 2.90 bits per heavy atom. The van der Waals surface area contributed by atoms with Crippen molar-refractivity contribution >= 4 is 5.91 Å². The maximum atomic E-state index is 10.7. The molecule has 0 aliphatic carbocycles. The Labute approximate surface area is 58.6 Å². The van der Waals surface area contributed by atoms with Gasteiger partial charge in [-0.25, -0.2) is 5.43 Å². The van der Waals surface area contributed by atoms with Crippen molar-refractivity contribution in [3.63, 3.8) is 0 Å². The van der Waals surface area contributed by atoms with Crippen molar-refractivity contribution in [3.8, 4) is 0 Å². The van der Waals surface area contributed by atoms with E-state index >= 15 is 0 Å². The van der Waals surface area contributed by atoms with E-state index in [1.165, 1.54) is 6.08 Å². The minimum atomic E-state index is -0.350. The predicted molar refractivity (Wildman–Crippen MR) is 36.1 cm³/mol. The lowest BCUT2D eigenvalue weighted by molar-refractivity contribution is -0.118. The van der Waals surface area contributed by atoms with E-state index in [1.807, 2.05) is 0 Å². The molecule has 1 aliphatic heterocycles. The van der Waals surface area contributed by atoms with Gasteiger partial charge in [-0.3, -0.25) is 10.6 Å². The Morgan fingerprint density at radius 1 is 1.70 bits per heavy atom. The smallest absolute Gasteiger partial charge is 0.248 e. The van der Waals surface area contributed by atoms with Crippen LogP contribution in [0, 0.1) is 0 Å². The average Bonchev–Trinajstić information content (AvgIpc) is 1.85. The lowest BCUT2D eigenvalue weighted by Gasteiger charge is -2.23. The van der Waals surface area contributed by atoms with Crippen LogP contribution in [0.15, 0.2) is 11.8 Å². The predicted octanol–water partition coefficient (Wildman–Crippen LogP) is -1.64. The van der Waals surface area contributed by atoms with Gasteiger partial charge < -0.3 is 10.6 Å². The zero-order valence-corrected chi connectivity index (χ0v) is 5.64. The highest BCUT2D eigenvalue weighted by atomic mass is 16.1. The Morgan fingerprint density at radius 2 is 2.40 bits per heavy atom. The van der Waals surface area contributed by atoms with Crippen LogP contribution in [0.3, 0.4) is 0 Å². The van der Waals surface area contributed by atoms with Crippen molar-refractivity contribution in [2.45, 2.75) is 13.2 Å². The number of allylic oxidation sites excluding steroid dienone is 1. The van der Waals surface area contributed by atoms with Crippen LogP contribution in [0.2, 0.25) is 0 Å². The van der Waals surface area contributed by atoms with E-state index in [1.54, 1.807) is 6.92 Å². The molecule has 10 heavy (non-hydrogen) atoms. The quantitative estimate of drug-likeness (QED) is 0.261. The van der Waals surface area contributed by atoms with Crippen LogP contribution < -0.4 is 21.9 Å². The first-order valence-corrected chi connectivity index (χ1v) is 2.94. The summed E-state index contributed by atoms with van der Waals surface area (Å²) in [6, 6.07) is 0. The fourth-order valence-corrected chi connectivity index (χ4v) is 0.769. The van der Waals surface area contributed by atoms with E-state index in [0.29, 0.717) is 0 Å². The zero-order chi connectivity index (χ0) is 7.56. The third-order valence-electron chi connectivity index (χ3n) is 1.17. The number of hydrogen-bond acceptors (Lipinski definition) is 4. The van der Waals surface area contributed by atoms with Gasteiger partial charge in [0.05, 0.1) is 0 Å². The monoisotopic (exact) mass is 142 g/mol. The maximum Gasteiger partial charge on any atom is 0.248 e. The summed E-state index contributed by atoms with van der Waals surface area (Å²) in [5.41, 5.74) is 3.18. The van der Waals surface area contributed by atoms with Crippen LogP contribution >= 0.6 is 0 Å². The van der Waals surface area contributed by atoms with Gasteiger partial charge >= 0.3 is 0 Å². The molecule has 1 rings (SSSR count). The lowest BCUT2D eigenvalue weighted by atomic mass is 10.3. The van der Waals surface area contributed by atoms with Gasteiger partial charge in [0.15, 0.2) is 6.29 Å². The van der Waals surface area contributed by atoms with Crippen LogP contribution in [0.5, 0.6) is 0 Å². The van der Waals surface area contributed by atoms with Gasteiger partial charge in [-0.15, -0.1) is 0 Å². The standard InChI is InChI=1S/C5H10N4O/c1-3-2-4(10)8-5(7-3)9-6/h2,5,7,9H,6H2,1H3,(H,8,10)/t5-/m0/s1. The summed E-state index contributed by atoms with van der Waals surface area (Å²) < 4.78 is 0. The Hall–Kier alpha value is -1.07. The molecule has 0 bridgehead atoms. The molecule has 0 aromatic heterocycles. The summed E-state index contributed by atoms with van der Waals surface area (Å²) >= 11 is 0. The van der Waals surface area contributed by atoms with Gasteiger partial charge in [-0.05, 0) is 6.92 Å². The fraction of sp³-hybridized carbons (Fsp3) is 0.400. The molecule has 0 spiro atoms. The number of amides is 1. The SMILES string of the molecule is CC1=CC(=O)N[C@@H](NN)N1. The van der Waals surface area contributed by atoms with Crippen LogP contribution in [0.1, 0.15) is 6.92 Å². The molecule has 5 nitrogen and oxygen atoms in total. The highest BCUT2D eigenvalue weighted by molar-refractivity contribution is 5.89. The van der Waals surface area contributed by atoms with E-state index in [-0.39, 0.29) is 12.2 Å². The number of nitrogens with one attached hydrogen (secondary N) is 3. The number of carbonyl (C=O) groups excluding carboxylic acids is 1. The molecule has 0 aromatic carbocycles. The second kappa shape index (κ2) is 2.68. The first-order chi connectivity index (χ1) is 4.72. The van der Waals surface area contributed by atoms with Gasteiger partial charge in [-0.1, -0.05) is 0 Å². The van der Waals surface area contributed by atoms with Crippen molar-refractivity contribution < 1.29 is 4.79 Å². The molecule has 1 aliphatic rings. The first kappa shape index (κ1) is 7.04. The third kappa shape index (κ3) is 1.46. The average molecular weight is 142 g/mol. The summed E-state index contributed by atoms with van der Waals surface area (Å²) in [5, 5.41) is 5.42. The molecule has 5 N–H and O–H groups in total. The van der Waals surface area contributed by atoms with Gasteiger partial charge in [0.2, 0.25) is 5.91 Å². The molecule has 1 atom stereocenters. The molecule has 0 aromatic rings. The third-order valence-corrected chi connectivity index (χ3v) is 1.17. The molecule has 0 radical (unpaired) electrons. The molecule has 56 valence electrons. The second-order valence-electron chi connectivity index (χ2n) is 2.08. The summed E-state index contributed by atoms with van der Waals surface area (Å²) in [6.45, 7) is 1.79. The Balaban J connectivity index is 2.60. The minimum absolute atomic E-state index is 0.140.